The van der Waals surface area contributed by atoms with E-state index in [0.717, 1.165) is 28.0 Å². The molecular weight excluding hydrogens is 274 g/mol. The van der Waals surface area contributed by atoms with Gasteiger partial charge in [-0.25, -0.2) is 4.79 Å². The lowest BCUT2D eigenvalue weighted by Gasteiger charge is -2.09. The van der Waals surface area contributed by atoms with E-state index in [1.807, 2.05) is 26.0 Å². The first-order valence-electron chi connectivity index (χ1n) is 6.10. The smallest absolute Gasteiger partial charge is 0.348 e. The van der Waals surface area contributed by atoms with Gasteiger partial charge in [-0.2, -0.15) is 0 Å². The van der Waals surface area contributed by atoms with Gasteiger partial charge >= 0.3 is 5.97 Å². The lowest BCUT2D eigenvalue weighted by molar-refractivity contribution is 0.0703. The molecule has 0 saturated heterocycles. The highest BCUT2D eigenvalue weighted by molar-refractivity contribution is 7.12. The molecule has 2 rings (SSSR count). The van der Waals surface area contributed by atoms with Crippen molar-refractivity contribution in [1.82, 2.24) is 0 Å². The summed E-state index contributed by atoms with van der Waals surface area (Å²) in [5.74, 6) is -1.31. The quantitative estimate of drug-likeness (QED) is 0.906. The molecule has 1 aromatic heterocycles. The number of carbonyl (C=O) groups is 2. The standard InChI is InChI=1S/C15H15NO3S/c1-8-4-5-11(9(2)6-8)14(17)16-12-10(3)7-20-13(12)15(18)19/h4-7H,1-3H3,(H,16,17)(H,18,19). The van der Waals surface area contributed by atoms with Crippen molar-refractivity contribution in [2.24, 2.45) is 0 Å². The van der Waals surface area contributed by atoms with Crippen LogP contribution < -0.4 is 5.32 Å². The number of anilines is 1. The fraction of sp³-hybridized carbons (Fsp3) is 0.200. The number of carboxylic acid groups (broad SMARTS) is 1. The van der Waals surface area contributed by atoms with Crippen molar-refractivity contribution < 1.29 is 14.7 Å². The molecule has 0 radical (unpaired) electrons. The highest BCUT2D eigenvalue weighted by atomic mass is 32.1. The van der Waals surface area contributed by atoms with Crippen LogP contribution in [-0.2, 0) is 0 Å². The van der Waals surface area contributed by atoms with E-state index < -0.39 is 5.97 Å². The van der Waals surface area contributed by atoms with E-state index in [4.69, 9.17) is 5.11 Å². The lowest BCUT2D eigenvalue weighted by Crippen LogP contribution is -2.15. The predicted molar refractivity (Wildman–Crippen MR) is 79.9 cm³/mol. The van der Waals surface area contributed by atoms with Crippen LogP contribution in [0.4, 0.5) is 5.69 Å². The molecule has 0 atom stereocenters. The minimum Gasteiger partial charge on any atom is -0.477 e. The summed E-state index contributed by atoms with van der Waals surface area (Å²) in [5, 5.41) is 13.5. The number of hydrogen-bond donors (Lipinski definition) is 2. The van der Waals surface area contributed by atoms with Crippen molar-refractivity contribution in [2.45, 2.75) is 20.8 Å². The fourth-order valence-corrected chi connectivity index (χ4v) is 2.85. The van der Waals surface area contributed by atoms with E-state index in [1.165, 1.54) is 0 Å². The van der Waals surface area contributed by atoms with Crippen molar-refractivity contribution in [2.75, 3.05) is 5.32 Å². The second-order valence-electron chi connectivity index (χ2n) is 4.70. The van der Waals surface area contributed by atoms with Crippen LogP contribution in [0.25, 0.3) is 0 Å². The molecule has 104 valence electrons. The van der Waals surface area contributed by atoms with Gasteiger partial charge in [-0.05, 0) is 43.3 Å². The molecule has 2 aromatic rings. The monoisotopic (exact) mass is 289 g/mol. The van der Waals surface area contributed by atoms with E-state index >= 15 is 0 Å². The van der Waals surface area contributed by atoms with Crippen LogP contribution in [0.2, 0.25) is 0 Å². The zero-order chi connectivity index (χ0) is 14.9. The van der Waals surface area contributed by atoms with E-state index in [9.17, 15) is 9.59 Å². The number of hydrogen-bond acceptors (Lipinski definition) is 3. The SMILES string of the molecule is Cc1ccc(C(=O)Nc2c(C)csc2C(=O)O)c(C)c1. The number of aryl methyl sites for hydroxylation is 3. The molecule has 1 amide bonds. The van der Waals surface area contributed by atoms with E-state index in [1.54, 1.807) is 18.4 Å². The zero-order valence-electron chi connectivity index (χ0n) is 11.5. The molecule has 1 heterocycles. The molecule has 1 aromatic carbocycles. The molecule has 0 saturated carbocycles. The third-order valence-corrected chi connectivity index (χ3v) is 4.12. The van der Waals surface area contributed by atoms with Gasteiger partial charge in [0.2, 0.25) is 0 Å². The summed E-state index contributed by atoms with van der Waals surface area (Å²) in [6, 6.07) is 5.54. The van der Waals surface area contributed by atoms with Gasteiger partial charge in [-0.1, -0.05) is 17.7 Å². The molecule has 0 bridgehead atoms. The summed E-state index contributed by atoms with van der Waals surface area (Å²) < 4.78 is 0. The molecule has 5 heteroatoms. The molecule has 4 nitrogen and oxygen atoms in total. The maximum absolute atomic E-state index is 12.3. The van der Waals surface area contributed by atoms with Crippen LogP contribution in [-0.4, -0.2) is 17.0 Å². The average Bonchev–Trinajstić information content (AvgIpc) is 2.71. The summed E-state index contributed by atoms with van der Waals surface area (Å²) in [6.45, 7) is 5.60. The Morgan fingerprint density at radius 1 is 1.15 bits per heavy atom. The summed E-state index contributed by atoms with van der Waals surface area (Å²) in [5.41, 5.74) is 3.64. The van der Waals surface area contributed by atoms with Gasteiger partial charge in [0, 0.05) is 5.56 Å². The van der Waals surface area contributed by atoms with Crippen LogP contribution in [0.1, 0.15) is 36.7 Å². The van der Waals surface area contributed by atoms with Crippen LogP contribution >= 0.6 is 11.3 Å². The second kappa shape index (κ2) is 5.46. The van der Waals surface area contributed by atoms with E-state index in [-0.39, 0.29) is 10.8 Å². The Labute approximate surface area is 121 Å². The Bertz CT molecular complexity index is 688. The number of carboxylic acids is 1. The highest BCUT2D eigenvalue weighted by Crippen LogP contribution is 2.28. The molecule has 0 aliphatic heterocycles. The topological polar surface area (TPSA) is 66.4 Å². The first kappa shape index (κ1) is 14.3. The fourth-order valence-electron chi connectivity index (χ4n) is 2.01. The van der Waals surface area contributed by atoms with Crippen molar-refractivity contribution in [3.8, 4) is 0 Å². The van der Waals surface area contributed by atoms with Gasteiger partial charge in [0.15, 0.2) is 0 Å². The van der Waals surface area contributed by atoms with Crippen LogP contribution in [0.5, 0.6) is 0 Å². The second-order valence-corrected chi connectivity index (χ2v) is 5.58. The van der Waals surface area contributed by atoms with E-state index in [0.29, 0.717) is 11.3 Å². The Morgan fingerprint density at radius 2 is 1.85 bits per heavy atom. The van der Waals surface area contributed by atoms with Crippen molar-refractivity contribution in [3.63, 3.8) is 0 Å². The van der Waals surface area contributed by atoms with E-state index in [2.05, 4.69) is 5.32 Å². The minimum absolute atomic E-state index is 0.153. The van der Waals surface area contributed by atoms with Crippen molar-refractivity contribution in [1.29, 1.82) is 0 Å². The Morgan fingerprint density at radius 3 is 2.45 bits per heavy atom. The molecule has 0 spiro atoms. The molecule has 20 heavy (non-hydrogen) atoms. The number of carbonyl (C=O) groups excluding carboxylic acids is 1. The maximum atomic E-state index is 12.3. The number of aromatic carboxylic acids is 1. The van der Waals surface area contributed by atoms with Gasteiger partial charge in [0.1, 0.15) is 4.88 Å². The summed E-state index contributed by atoms with van der Waals surface area (Å²) in [7, 11) is 0. The Kier molecular flexibility index (Phi) is 3.90. The van der Waals surface area contributed by atoms with Crippen molar-refractivity contribution in [3.05, 3.63) is 50.7 Å². The third-order valence-electron chi connectivity index (χ3n) is 3.03. The Hall–Kier alpha value is -2.14. The maximum Gasteiger partial charge on any atom is 0.348 e. The summed E-state index contributed by atoms with van der Waals surface area (Å²) in [6.07, 6.45) is 0. The summed E-state index contributed by atoms with van der Waals surface area (Å²) in [4.78, 5) is 23.5. The third kappa shape index (κ3) is 2.72. The minimum atomic E-state index is -1.03. The van der Waals surface area contributed by atoms with Gasteiger partial charge in [0.25, 0.3) is 5.91 Å². The number of rotatable bonds is 3. The van der Waals surface area contributed by atoms with Gasteiger partial charge < -0.3 is 10.4 Å². The average molecular weight is 289 g/mol. The number of amides is 1. The molecular formula is C15H15NO3S. The zero-order valence-corrected chi connectivity index (χ0v) is 12.3. The summed E-state index contributed by atoms with van der Waals surface area (Å²) >= 11 is 1.11. The predicted octanol–water partition coefficient (Wildman–Crippen LogP) is 3.62. The molecule has 0 unspecified atom stereocenters. The number of thiophene rings is 1. The van der Waals surface area contributed by atoms with Gasteiger partial charge in [-0.15, -0.1) is 11.3 Å². The van der Waals surface area contributed by atoms with Crippen LogP contribution in [0, 0.1) is 20.8 Å². The highest BCUT2D eigenvalue weighted by Gasteiger charge is 2.18. The van der Waals surface area contributed by atoms with Crippen molar-refractivity contribution >= 4 is 28.9 Å². The number of nitrogens with one attached hydrogen (secondary N) is 1. The number of benzene rings is 1. The molecule has 0 aliphatic carbocycles. The Balaban J connectivity index is 2.33. The largest absolute Gasteiger partial charge is 0.477 e. The first-order valence-corrected chi connectivity index (χ1v) is 6.98. The molecule has 0 aliphatic rings. The molecule has 2 N–H and O–H groups in total. The van der Waals surface area contributed by atoms with Crippen LogP contribution in [0.15, 0.2) is 23.6 Å². The normalized spacial score (nSPS) is 10.3. The first-order chi connectivity index (χ1) is 9.40. The van der Waals surface area contributed by atoms with Gasteiger partial charge in [-0.3, -0.25) is 4.79 Å². The lowest BCUT2D eigenvalue weighted by atomic mass is 10.1. The molecule has 0 fully saturated rings. The van der Waals surface area contributed by atoms with Gasteiger partial charge in [0.05, 0.1) is 5.69 Å². The van der Waals surface area contributed by atoms with Crippen LogP contribution in [0.3, 0.4) is 0 Å².